The van der Waals surface area contributed by atoms with Crippen molar-refractivity contribution in [2.24, 2.45) is 0 Å². The van der Waals surface area contributed by atoms with Gasteiger partial charge in [0.15, 0.2) is 22.3 Å². The number of imidazole rings is 1. The van der Waals surface area contributed by atoms with Crippen molar-refractivity contribution in [2.75, 3.05) is 25.6 Å². The number of aromatic hydroxyl groups is 1. The summed E-state index contributed by atoms with van der Waals surface area (Å²) in [4.78, 5) is 48.7. The molecular weight excluding hydrogens is 538 g/mol. The van der Waals surface area contributed by atoms with E-state index in [4.69, 9.17) is 9.47 Å². The van der Waals surface area contributed by atoms with E-state index in [0.29, 0.717) is 30.3 Å². The smallest absolute Gasteiger partial charge is 0.357 e. The van der Waals surface area contributed by atoms with Crippen LogP contribution in [0, 0.1) is 0 Å². The van der Waals surface area contributed by atoms with Crippen LogP contribution in [0.5, 0.6) is 17.4 Å². The lowest BCUT2D eigenvalue weighted by atomic mass is 10.0. The Balaban J connectivity index is 1.39. The Morgan fingerprint density at radius 3 is 2.83 bits per heavy atom. The van der Waals surface area contributed by atoms with Gasteiger partial charge in [0.25, 0.3) is 0 Å². The van der Waals surface area contributed by atoms with E-state index in [9.17, 15) is 19.5 Å². The first kappa shape index (κ1) is 25.2. The standard InChI is InChI=1S/C27H23N5O7S/c1-37-25(35)18-13-40-26(29-18)31-23(33)19(10-15-12-28-17-5-3-2-4-16(15)17)32-24(34)22(30-27(32)36)14-6-7-20-21(11-14)39-9-8-38-20/h2-7,11-13,19,28,34H,8-10H2,1H3,(H,30,36)(H,29,31,33)/t19-/m0/s1. The second-order valence-corrected chi connectivity index (χ2v) is 9.81. The minimum Gasteiger partial charge on any atom is -0.493 e. The molecule has 4 heterocycles. The fraction of sp³-hybridized carbons (Fsp3) is 0.185. The van der Waals surface area contributed by atoms with E-state index in [1.807, 2.05) is 24.3 Å². The lowest BCUT2D eigenvalue weighted by Gasteiger charge is -2.19. The monoisotopic (exact) mass is 561 g/mol. The lowest BCUT2D eigenvalue weighted by Crippen LogP contribution is -2.33. The number of nitrogens with zero attached hydrogens (tertiary/aromatic N) is 2. The van der Waals surface area contributed by atoms with E-state index in [1.54, 1.807) is 24.4 Å². The number of ether oxygens (including phenoxy) is 3. The number of aromatic nitrogens is 4. The third kappa shape index (κ3) is 4.56. The SMILES string of the molecule is COC(=O)c1csc(NC(=O)[C@H](Cc2c[nH]c3ccccc23)n2c(O)c(-c3ccc4c(c3)OCCO4)[nH]c2=O)n1. The van der Waals surface area contributed by atoms with Crippen LogP contribution >= 0.6 is 11.3 Å². The Labute approximate surface area is 230 Å². The molecule has 6 rings (SSSR count). The Hall–Kier alpha value is -5.04. The first-order chi connectivity index (χ1) is 19.4. The van der Waals surface area contributed by atoms with Crippen LogP contribution in [-0.2, 0) is 16.0 Å². The van der Waals surface area contributed by atoms with Crippen LogP contribution in [0.25, 0.3) is 22.2 Å². The number of esters is 1. The Kier molecular flexibility index (Phi) is 6.48. The number of amides is 1. The molecule has 4 N–H and O–H groups in total. The van der Waals surface area contributed by atoms with Gasteiger partial charge in [-0.3, -0.25) is 4.79 Å². The van der Waals surface area contributed by atoms with Crippen molar-refractivity contribution in [2.45, 2.75) is 12.5 Å². The summed E-state index contributed by atoms with van der Waals surface area (Å²) in [6.07, 6.45) is 1.83. The summed E-state index contributed by atoms with van der Waals surface area (Å²) in [5.74, 6) is -0.634. The lowest BCUT2D eigenvalue weighted by molar-refractivity contribution is -0.119. The van der Waals surface area contributed by atoms with Crippen molar-refractivity contribution in [1.29, 1.82) is 0 Å². The molecule has 0 saturated heterocycles. The summed E-state index contributed by atoms with van der Waals surface area (Å²) in [6.45, 7) is 0.803. The van der Waals surface area contributed by atoms with Gasteiger partial charge in [-0.05, 0) is 29.8 Å². The highest BCUT2D eigenvalue weighted by Gasteiger charge is 2.30. The molecule has 1 aliphatic rings. The van der Waals surface area contributed by atoms with E-state index in [0.717, 1.165) is 32.4 Å². The van der Waals surface area contributed by atoms with Crippen LogP contribution < -0.4 is 20.5 Å². The van der Waals surface area contributed by atoms with Crippen LogP contribution in [0.3, 0.4) is 0 Å². The highest BCUT2D eigenvalue weighted by Crippen LogP contribution is 2.37. The molecule has 0 saturated carbocycles. The molecule has 5 aromatic rings. The number of H-pyrrole nitrogens is 2. The van der Waals surface area contributed by atoms with Gasteiger partial charge >= 0.3 is 11.7 Å². The van der Waals surface area contributed by atoms with Crippen LogP contribution in [0.15, 0.2) is 58.8 Å². The number of carbonyl (C=O) groups is 2. The highest BCUT2D eigenvalue weighted by molar-refractivity contribution is 7.14. The molecule has 3 aromatic heterocycles. The fourth-order valence-corrected chi connectivity index (χ4v) is 5.34. The molecule has 1 atom stereocenters. The van der Waals surface area contributed by atoms with Gasteiger partial charge in [0.1, 0.15) is 24.9 Å². The van der Waals surface area contributed by atoms with Gasteiger partial charge in [-0.25, -0.2) is 19.1 Å². The van der Waals surface area contributed by atoms with Crippen LogP contribution in [0.2, 0.25) is 0 Å². The quantitative estimate of drug-likeness (QED) is 0.220. The van der Waals surface area contributed by atoms with Crippen molar-refractivity contribution in [1.82, 2.24) is 19.5 Å². The number of benzene rings is 2. The average molecular weight is 562 g/mol. The molecule has 0 bridgehead atoms. The topological polar surface area (TPSA) is 161 Å². The zero-order valence-corrected chi connectivity index (χ0v) is 21.9. The molecule has 40 heavy (non-hydrogen) atoms. The number of hydrogen-bond donors (Lipinski definition) is 4. The molecule has 0 aliphatic carbocycles. The number of hydrogen-bond acceptors (Lipinski definition) is 9. The van der Waals surface area contributed by atoms with Crippen molar-refractivity contribution >= 4 is 39.2 Å². The molecule has 204 valence electrons. The average Bonchev–Trinajstić information content (AvgIpc) is 3.68. The molecule has 0 spiro atoms. The zero-order chi connectivity index (χ0) is 27.8. The molecule has 0 fully saturated rings. The minimum atomic E-state index is -1.18. The van der Waals surface area contributed by atoms with Crippen LogP contribution in [0.1, 0.15) is 22.1 Å². The molecule has 1 amide bonds. The van der Waals surface area contributed by atoms with Crippen molar-refractivity contribution in [3.63, 3.8) is 0 Å². The van der Waals surface area contributed by atoms with E-state index in [1.165, 1.54) is 12.5 Å². The molecule has 0 unspecified atom stereocenters. The highest BCUT2D eigenvalue weighted by atomic mass is 32.1. The number of methoxy groups -OCH3 is 1. The summed E-state index contributed by atoms with van der Waals surface area (Å²) < 4.78 is 16.9. The number of para-hydroxylation sites is 1. The normalized spacial score (nSPS) is 13.2. The van der Waals surface area contributed by atoms with Crippen LogP contribution in [0.4, 0.5) is 5.13 Å². The number of thiazole rings is 1. The Morgan fingerprint density at radius 2 is 2.00 bits per heavy atom. The number of aromatic amines is 2. The summed E-state index contributed by atoms with van der Waals surface area (Å²) >= 11 is 1.03. The molecular formula is C27H23N5O7S. The number of carbonyl (C=O) groups excluding carboxylic acids is 2. The molecule has 12 nitrogen and oxygen atoms in total. The maximum atomic E-state index is 13.7. The van der Waals surface area contributed by atoms with Crippen LogP contribution in [-0.4, -0.2) is 56.8 Å². The van der Waals surface area contributed by atoms with Crippen molar-refractivity contribution in [3.8, 4) is 28.6 Å². The van der Waals surface area contributed by atoms with E-state index < -0.39 is 29.5 Å². The maximum Gasteiger partial charge on any atom is 0.357 e. The predicted octanol–water partition coefficient (Wildman–Crippen LogP) is 3.47. The summed E-state index contributed by atoms with van der Waals surface area (Å²) in [5.41, 5.74) is 1.59. The summed E-state index contributed by atoms with van der Waals surface area (Å²) in [6, 6.07) is 11.4. The summed E-state index contributed by atoms with van der Waals surface area (Å²) in [5, 5.41) is 16.4. The zero-order valence-electron chi connectivity index (χ0n) is 21.1. The number of fused-ring (bicyclic) bond motifs is 2. The number of anilines is 1. The summed E-state index contributed by atoms with van der Waals surface area (Å²) in [7, 11) is 1.23. The second kappa shape index (κ2) is 10.3. The maximum absolute atomic E-state index is 13.7. The number of nitrogens with one attached hydrogen (secondary N) is 3. The van der Waals surface area contributed by atoms with Gasteiger partial charge < -0.3 is 34.6 Å². The first-order valence-electron chi connectivity index (χ1n) is 12.3. The fourth-order valence-electron chi connectivity index (χ4n) is 4.66. The molecule has 1 aliphatic heterocycles. The number of rotatable bonds is 7. The van der Waals surface area contributed by atoms with E-state index in [2.05, 4.69) is 25.0 Å². The Morgan fingerprint density at radius 1 is 1.20 bits per heavy atom. The van der Waals surface area contributed by atoms with Gasteiger partial charge in [-0.1, -0.05) is 18.2 Å². The van der Waals surface area contributed by atoms with Gasteiger partial charge in [-0.15, -0.1) is 11.3 Å². The largest absolute Gasteiger partial charge is 0.493 e. The van der Waals surface area contributed by atoms with Gasteiger partial charge in [0.05, 0.1) is 7.11 Å². The predicted molar refractivity (Wildman–Crippen MR) is 146 cm³/mol. The molecule has 0 radical (unpaired) electrons. The Bertz CT molecular complexity index is 1800. The third-order valence-electron chi connectivity index (χ3n) is 6.56. The van der Waals surface area contributed by atoms with Gasteiger partial charge in [0, 0.05) is 34.5 Å². The first-order valence-corrected chi connectivity index (χ1v) is 13.1. The van der Waals surface area contributed by atoms with Crippen molar-refractivity contribution in [3.05, 3.63) is 75.8 Å². The minimum absolute atomic E-state index is 0.0403. The van der Waals surface area contributed by atoms with E-state index >= 15 is 0 Å². The molecule has 13 heteroatoms. The van der Waals surface area contributed by atoms with E-state index in [-0.39, 0.29) is 22.9 Å². The van der Waals surface area contributed by atoms with Gasteiger partial charge in [-0.2, -0.15) is 0 Å². The third-order valence-corrected chi connectivity index (χ3v) is 7.32. The second-order valence-electron chi connectivity index (χ2n) is 8.96. The van der Waals surface area contributed by atoms with Crippen molar-refractivity contribution < 1.29 is 28.9 Å². The van der Waals surface area contributed by atoms with Gasteiger partial charge in [0.2, 0.25) is 11.8 Å². The molecule has 2 aromatic carbocycles.